The standard InChI is InChI=1S/C13H17F2NO3/c1-13(2,3)19-12(18)16-11(7-17)9-6-8(14)4-5-10(9)15/h4-6,11,17H,7H2,1-3H3,(H,16,18)/t11-/m1/s1. The Morgan fingerprint density at radius 1 is 1.42 bits per heavy atom. The zero-order chi connectivity index (χ0) is 14.6. The molecule has 19 heavy (non-hydrogen) atoms. The summed E-state index contributed by atoms with van der Waals surface area (Å²) in [6, 6.07) is 1.75. The van der Waals surface area contributed by atoms with Crippen LogP contribution in [0.1, 0.15) is 32.4 Å². The van der Waals surface area contributed by atoms with Crippen LogP contribution in [-0.4, -0.2) is 23.4 Å². The Morgan fingerprint density at radius 3 is 2.58 bits per heavy atom. The van der Waals surface area contributed by atoms with Gasteiger partial charge >= 0.3 is 6.09 Å². The molecule has 0 aliphatic rings. The fourth-order valence-electron chi connectivity index (χ4n) is 1.45. The van der Waals surface area contributed by atoms with Crippen molar-refractivity contribution in [3.8, 4) is 0 Å². The topological polar surface area (TPSA) is 58.6 Å². The molecule has 4 nitrogen and oxygen atoms in total. The van der Waals surface area contributed by atoms with Crippen LogP contribution in [0.3, 0.4) is 0 Å². The normalized spacial score (nSPS) is 12.9. The Kier molecular flexibility index (Phi) is 4.83. The number of aliphatic hydroxyl groups is 1. The van der Waals surface area contributed by atoms with E-state index in [0.717, 1.165) is 18.2 Å². The van der Waals surface area contributed by atoms with Gasteiger partial charge in [-0.05, 0) is 39.0 Å². The number of aliphatic hydroxyl groups excluding tert-OH is 1. The lowest BCUT2D eigenvalue weighted by Crippen LogP contribution is -2.36. The van der Waals surface area contributed by atoms with Gasteiger partial charge in [-0.25, -0.2) is 13.6 Å². The molecule has 0 aliphatic heterocycles. The number of ether oxygens (including phenoxy) is 1. The molecule has 0 aromatic heterocycles. The lowest BCUT2D eigenvalue weighted by atomic mass is 10.1. The number of rotatable bonds is 3. The van der Waals surface area contributed by atoms with Gasteiger partial charge < -0.3 is 15.2 Å². The summed E-state index contributed by atoms with van der Waals surface area (Å²) in [7, 11) is 0. The number of carbonyl (C=O) groups is 1. The summed E-state index contributed by atoms with van der Waals surface area (Å²) >= 11 is 0. The highest BCUT2D eigenvalue weighted by atomic mass is 19.1. The molecular formula is C13H17F2NO3. The molecule has 1 aromatic rings. The van der Waals surface area contributed by atoms with Gasteiger partial charge in [-0.2, -0.15) is 0 Å². The van der Waals surface area contributed by atoms with Crippen molar-refractivity contribution in [1.82, 2.24) is 5.32 Å². The number of benzene rings is 1. The quantitative estimate of drug-likeness (QED) is 0.889. The molecule has 0 aliphatic carbocycles. The SMILES string of the molecule is CC(C)(C)OC(=O)N[C@H](CO)c1cc(F)ccc1F. The fraction of sp³-hybridized carbons (Fsp3) is 0.462. The molecule has 106 valence electrons. The van der Waals surface area contributed by atoms with Crippen molar-refractivity contribution in [2.24, 2.45) is 0 Å². The molecule has 0 unspecified atom stereocenters. The highest BCUT2D eigenvalue weighted by Crippen LogP contribution is 2.19. The Morgan fingerprint density at radius 2 is 2.05 bits per heavy atom. The zero-order valence-corrected chi connectivity index (χ0v) is 11.0. The van der Waals surface area contributed by atoms with E-state index in [1.807, 2.05) is 0 Å². The summed E-state index contributed by atoms with van der Waals surface area (Å²) in [5, 5.41) is 11.5. The van der Waals surface area contributed by atoms with Crippen LogP contribution in [0.15, 0.2) is 18.2 Å². The second kappa shape index (κ2) is 5.97. The molecule has 0 radical (unpaired) electrons. The number of amides is 1. The van der Waals surface area contributed by atoms with Gasteiger partial charge in [-0.1, -0.05) is 0 Å². The average Bonchev–Trinajstić information content (AvgIpc) is 2.27. The number of hydrogen-bond donors (Lipinski definition) is 2. The molecular weight excluding hydrogens is 256 g/mol. The average molecular weight is 273 g/mol. The molecule has 1 atom stereocenters. The van der Waals surface area contributed by atoms with Crippen LogP contribution in [0.4, 0.5) is 13.6 Å². The van der Waals surface area contributed by atoms with Crippen molar-refractivity contribution in [1.29, 1.82) is 0 Å². The predicted octanol–water partition coefficient (Wildman–Crippen LogP) is 2.52. The van der Waals surface area contributed by atoms with Crippen molar-refractivity contribution in [2.45, 2.75) is 32.4 Å². The Bertz CT molecular complexity index is 458. The lowest BCUT2D eigenvalue weighted by Gasteiger charge is -2.23. The minimum atomic E-state index is -1.06. The molecule has 0 spiro atoms. The number of hydrogen-bond acceptors (Lipinski definition) is 3. The second-order valence-electron chi connectivity index (χ2n) is 5.05. The molecule has 1 rings (SSSR count). The van der Waals surface area contributed by atoms with Crippen LogP contribution in [0, 0.1) is 11.6 Å². The molecule has 1 aromatic carbocycles. The van der Waals surface area contributed by atoms with Crippen LogP contribution in [0.5, 0.6) is 0 Å². The first-order valence-electron chi connectivity index (χ1n) is 5.78. The number of carbonyl (C=O) groups excluding carboxylic acids is 1. The summed E-state index contributed by atoms with van der Waals surface area (Å²) in [6.07, 6.45) is -0.810. The smallest absolute Gasteiger partial charge is 0.408 e. The molecule has 1 amide bonds. The molecule has 0 saturated heterocycles. The number of alkyl carbamates (subject to hydrolysis) is 1. The number of nitrogens with one attached hydrogen (secondary N) is 1. The van der Waals surface area contributed by atoms with Crippen molar-refractivity contribution in [3.05, 3.63) is 35.4 Å². The maximum Gasteiger partial charge on any atom is 0.408 e. The van der Waals surface area contributed by atoms with Gasteiger partial charge in [0.1, 0.15) is 17.2 Å². The minimum absolute atomic E-state index is 0.131. The van der Waals surface area contributed by atoms with Crippen LogP contribution in [-0.2, 0) is 4.74 Å². The van der Waals surface area contributed by atoms with Gasteiger partial charge in [0.25, 0.3) is 0 Å². The molecule has 0 bridgehead atoms. The Labute approximate surface area is 110 Å². The van der Waals surface area contributed by atoms with Crippen molar-refractivity contribution >= 4 is 6.09 Å². The third-order valence-electron chi connectivity index (χ3n) is 2.21. The van der Waals surface area contributed by atoms with E-state index in [9.17, 15) is 18.7 Å². The highest BCUT2D eigenvalue weighted by Gasteiger charge is 2.22. The van der Waals surface area contributed by atoms with E-state index in [2.05, 4.69) is 5.32 Å². The zero-order valence-electron chi connectivity index (χ0n) is 11.0. The first-order chi connectivity index (χ1) is 8.73. The molecule has 6 heteroatoms. The van der Waals surface area contributed by atoms with Gasteiger partial charge in [-0.15, -0.1) is 0 Å². The first-order valence-corrected chi connectivity index (χ1v) is 5.78. The monoisotopic (exact) mass is 273 g/mol. The second-order valence-corrected chi connectivity index (χ2v) is 5.05. The summed E-state index contributed by atoms with van der Waals surface area (Å²) in [6.45, 7) is 4.44. The number of halogens is 2. The fourth-order valence-corrected chi connectivity index (χ4v) is 1.45. The first kappa shape index (κ1) is 15.4. The van der Waals surface area contributed by atoms with E-state index >= 15 is 0 Å². The summed E-state index contributed by atoms with van der Waals surface area (Å²) in [5.41, 5.74) is -0.849. The van der Waals surface area contributed by atoms with Crippen molar-refractivity contribution in [3.63, 3.8) is 0 Å². The summed E-state index contributed by atoms with van der Waals surface area (Å²) < 4.78 is 31.6. The van der Waals surface area contributed by atoms with E-state index in [1.54, 1.807) is 20.8 Å². The highest BCUT2D eigenvalue weighted by molar-refractivity contribution is 5.68. The Hall–Kier alpha value is -1.69. The van der Waals surface area contributed by atoms with Crippen LogP contribution >= 0.6 is 0 Å². The van der Waals surface area contributed by atoms with Gasteiger partial charge in [0.2, 0.25) is 0 Å². The maximum absolute atomic E-state index is 13.5. The van der Waals surface area contributed by atoms with Gasteiger partial charge in [0.05, 0.1) is 12.6 Å². The van der Waals surface area contributed by atoms with E-state index in [0.29, 0.717) is 0 Å². The van der Waals surface area contributed by atoms with E-state index in [-0.39, 0.29) is 5.56 Å². The predicted molar refractivity (Wildman–Crippen MR) is 65.6 cm³/mol. The third-order valence-corrected chi connectivity index (χ3v) is 2.21. The van der Waals surface area contributed by atoms with E-state index in [4.69, 9.17) is 4.74 Å². The van der Waals surface area contributed by atoms with Gasteiger partial charge in [0.15, 0.2) is 0 Å². The molecule has 0 heterocycles. The Balaban J connectivity index is 2.84. The largest absolute Gasteiger partial charge is 0.444 e. The van der Waals surface area contributed by atoms with E-state index in [1.165, 1.54) is 0 Å². The van der Waals surface area contributed by atoms with Gasteiger partial charge in [0, 0.05) is 5.56 Å². The van der Waals surface area contributed by atoms with Crippen molar-refractivity contribution < 1.29 is 23.4 Å². The molecule has 2 N–H and O–H groups in total. The maximum atomic E-state index is 13.5. The van der Waals surface area contributed by atoms with Crippen molar-refractivity contribution in [2.75, 3.05) is 6.61 Å². The van der Waals surface area contributed by atoms with Crippen LogP contribution < -0.4 is 5.32 Å². The third kappa shape index (κ3) is 4.82. The molecule has 0 fully saturated rings. The lowest BCUT2D eigenvalue weighted by molar-refractivity contribution is 0.0480. The summed E-state index contributed by atoms with van der Waals surface area (Å²) in [5.74, 6) is -1.36. The van der Waals surface area contributed by atoms with E-state index < -0.39 is 36.0 Å². The van der Waals surface area contributed by atoms with Crippen LogP contribution in [0.25, 0.3) is 0 Å². The van der Waals surface area contributed by atoms with Crippen LogP contribution in [0.2, 0.25) is 0 Å². The summed E-state index contributed by atoms with van der Waals surface area (Å²) in [4.78, 5) is 11.5. The van der Waals surface area contributed by atoms with Gasteiger partial charge in [-0.3, -0.25) is 0 Å². The molecule has 0 saturated carbocycles. The minimum Gasteiger partial charge on any atom is -0.444 e.